The van der Waals surface area contributed by atoms with Crippen LogP contribution in [-0.4, -0.2) is 42.5 Å². The molecule has 0 unspecified atom stereocenters. The third-order valence-electron chi connectivity index (χ3n) is 3.10. The summed E-state index contributed by atoms with van der Waals surface area (Å²) in [5.74, 6) is -3.41. The van der Waals surface area contributed by atoms with Gasteiger partial charge in [0, 0.05) is 18.6 Å². The molecule has 7 heteroatoms. The molecule has 0 amide bonds. The Bertz CT molecular complexity index is 701. The van der Waals surface area contributed by atoms with E-state index in [1.165, 1.54) is 18.2 Å². The van der Waals surface area contributed by atoms with Crippen molar-refractivity contribution in [3.63, 3.8) is 0 Å². The van der Waals surface area contributed by atoms with E-state index >= 15 is 0 Å². The van der Waals surface area contributed by atoms with Crippen molar-refractivity contribution in [3.05, 3.63) is 41.5 Å². The summed E-state index contributed by atoms with van der Waals surface area (Å²) in [5, 5.41) is 56.9. The molecule has 0 aliphatic rings. The maximum absolute atomic E-state index is 12.1. The van der Waals surface area contributed by atoms with E-state index in [-0.39, 0.29) is 12.2 Å². The minimum Gasteiger partial charge on any atom is -0.508 e. The van der Waals surface area contributed by atoms with Gasteiger partial charge in [0.2, 0.25) is 0 Å². The molecule has 0 saturated carbocycles. The number of rotatable bonds is 4. The zero-order chi connectivity index (χ0) is 16.4. The second-order valence-electron chi connectivity index (χ2n) is 4.77. The summed E-state index contributed by atoms with van der Waals surface area (Å²) >= 11 is 0. The van der Waals surface area contributed by atoms with Crippen molar-refractivity contribution in [2.24, 2.45) is 0 Å². The fourth-order valence-electron chi connectivity index (χ4n) is 2.03. The minimum absolute atomic E-state index is 0.202. The SMILES string of the molecule is O=C(c1c(O)cc(O)cc1O)[C@H](O)Cc1ccc(O)c(O)c1. The predicted octanol–water partition coefficient (Wildman–Crippen LogP) is 1.00. The van der Waals surface area contributed by atoms with Gasteiger partial charge >= 0.3 is 0 Å². The maximum Gasteiger partial charge on any atom is 0.199 e. The first kappa shape index (κ1) is 15.5. The molecule has 0 spiro atoms. The van der Waals surface area contributed by atoms with Crippen LogP contribution >= 0.6 is 0 Å². The van der Waals surface area contributed by atoms with Gasteiger partial charge in [-0.05, 0) is 17.7 Å². The first-order chi connectivity index (χ1) is 10.3. The molecule has 6 N–H and O–H groups in total. The van der Waals surface area contributed by atoms with Gasteiger partial charge in [-0.3, -0.25) is 4.79 Å². The van der Waals surface area contributed by atoms with Crippen LogP contribution in [0.2, 0.25) is 0 Å². The van der Waals surface area contributed by atoms with E-state index in [0.717, 1.165) is 12.1 Å². The van der Waals surface area contributed by atoms with Gasteiger partial charge in [-0.1, -0.05) is 6.07 Å². The molecule has 0 fully saturated rings. The zero-order valence-electron chi connectivity index (χ0n) is 11.3. The number of ketones is 1. The third-order valence-corrected chi connectivity index (χ3v) is 3.10. The summed E-state index contributed by atoms with van der Waals surface area (Å²) < 4.78 is 0. The lowest BCUT2D eigenvalue weighted by Gasteiger charge is -2.13. The van der Waals surface area contributed by atoms with Crippen molar-refractivity contribution < 1.29 is 35.4 Å². The molecule has 2 rings (SSSR count). The lowest BCUT2D eigenvalue weighted by Crippen LogP contribution is -2.23. The molecule has 2 aromatic carbocycles. The smallest absolute Gasteiger partial charge is 0.199 e. The van der Waals surface area contributed by atoms with Crippen molar-refractivity contribution in [1.29, 1.82) is 0 Å². The summed E-state index contributed by atoms with van der Waals surface area (Å²) in [5.41, 5.74) is -0.137. The molecule has 22 heavy (non-hydrogen) atoms. The number of Topliss-reactive ketones (excluding diaryl/α,β-unsaturated/α-hetero) is 1. The summed E-state index contributed by atoms with van der Waals surface area (Å²) in [4.78, 5) is 12.1. The van der Waals surface area contributed by atoms with Crippen LogP contribution in [-0.2, 0) is 6.42 Å². The summed E-state index contributed by atoms with van der Waals surface area (Å²) in [7, 11) is 0. The van der Waals surface area contributed by atoms with Gasteiger partial charge in [0.25, 0.3) is 0 Å². The van der Waals surface area contributed by atoms with E-state index in [9.17, 15) is 35.4 Å². The summed E-state index contributed by atoms with van der Waals surface area (Å²) in [6.45, 7) is 0. The van der Waals surface area contributed by atoms with Crippen LogP contribution in [0.15, 0.2) is 30.3 Å². The number of hydrogen-bond acceptors (Lipinski definition) is 7. The highest BCUT2D eigenvalue weighted by Crippen LogP contribution is 2.33. The Hall–Kier alpha value is -2.93. The van der Waals surface area contributed by atoms with Crippen LogP contribution in [0.3, 0.4) is 0 Å². The first-order valence-electron chi connectivity index (χ1n) is 6.27. The van der Waals surface area contributed by atoms with Crippen LogP contribution in [0, 0.1) is 0 Å². The third kappa shape index (κ3) is 3.04. The van der Waals surface area contributed by atoms with Crippen LogP contribution < -0.4 is 0 Å². The molecule has 0 heterocycles. The fraction of sp³-hybridized carbons (Fsp3) is 0.133. The van der Waals surface area contributed by atoms with Crippen molar-refractivity contribution in [1.82, 2.24) is 0 Å². The van der Waals surface area contributed by atoms with Gasteiger partial charge in [0.05, 0.1) is 0 Å². The number of aromatic hydroxyl groups is 5. The molecule has 0 aliphatic carbocycles. The quantitative estimate of drug-likeness (QED) is 0.366. The zero-order valence-corrected chi connectivity index (χ0v) is 11.3. The Morgan fingerprint density at radius 3 is 2.00 bits per heavy atom. The average Bonchev–Trinajstić information content (AvgIpc) is 2.41. The largest absolute Gasteiger partial charge is 0.508 e. The monoisotopic (exact) mass is 306 g/mol. The Kier molecular flexibility index (Phi) is 4.09. The number of phenols is 5. The number of aliphatic hydroxyl groups excluding tert-OH is 1. The van der Waals surface area contributed by atoms with E-state index in [1.54, 1.807) is 0 Å². The molecular formula is C15H14O7. The number of benzene rings is 2. The van der Waals surface area contributed by atoms with Gasteiger partial charge in [-0.15, -0.1) is 0 Å². The highest BCUT2D eigenvalue weighted by Gasteiger charge is 2.25. The summed E-state index contributed by atoms with van der Waals surface area (Å²) in [6, 6.07) is 5.53. The van der Waals surface area contributed by atoms with Crippen LogP contribution in [0.4, 0.5) is 0 Å². The predicted molar refractivity (Wildman–Crippen MR) is 75.2 cm³/mol. The normalized spacial score (nSPS) is 12.0. The first-order valence-corrected chi connectivity index (χ1v) is 6.27. The van der Waals surface area contributed by atoms with E-state index in [0.29, 0.717) is 5.56 Å². The fourth-order valence-corrected chi connectivity index (χ4v) is 2.03. The Balaban J connectivity index is 2.24. The molecule has 0 bridgehead atoms. The second kappa shape index (κ2) is 5.82. The second-order valence-corrected chi connectivity index (χ2v) is 4.77. The number of aliphatic hydroxyl groups is 1. The molecular weight excluding hydrogens is 292 g/mol. The summed E-state index contributed by atoms with van der Waals surface area (Å²) in [6.07, 6.45) is -1.79. The average molecular weight is 306 g/mol. The van der Waals surface area contributed by atoms with Crippen molar-refractivity contribution in [3.8, 4) is 28.7 Å². The molecule has 7 nitrogen and oxygen atoms in total. The lowest BCUT2D eigenvalue weighted by atomic mass is 9.98. The molecule has 0 aliphatic heterocycles. The van der Waals surface area contributed by atoms with E-state index in [1.807, 2.05) is 0 Å². The van der Waals surface area contributed by atoms with Crippen molar-refractivity contribution in [2.75, 3.05) is 0 Å². The standard InChI is InChI=1S/C15H14O7/c16-8-5-11(19)14(12(20)6-8)15(22)13(21)4-7-1-2-9(17)10(18)3-7/h1-3,5-6,13,16-21H,4H2/t13-/m1/s1. The Labute approximate surface area is 125 Å². The van der Waals surface area contributed by atoms with Gasteiger partial charge in [-0.25, -0.2) is 0 Å². The maximum atomic E-state index is 12.1. The molecule has 0 aromatic heterocycles. The number of carbonyl (C=O) groups excluding carboxylic acids is 1. The lowest BCUT2D eigenvalue weighted by molar-refractivity contribution is 0.0741. The van der Waals surface area contributed by atoms with Gasteiger partial charge in [-0.2, -0.15) is 0 Å². The van der Waals surface area contributed by atoms with E-state index in [2.05, 4.69) is 0 Å². The molecule has 2 aromatic rings. The van der Waals surface area contributed by atoms with E-state index in [4.69, 9.17) is 0 Å². The minimum atomic E-state index is -1.59. The van der Waals surface area contributed by atoms with Crippen LogP contribution in [0.5, 0.6) is 28.7 Å². The van der Waals surface area contributed by atoms with Crippen LogP contribution in [0.1, 0.15) is 15.9 Å². The van der Waals surface area contributed by atoms with Gasteiger partial charge in [0.15, 0.2) is 17.3 Å². The van der Waals surface area contributed by atoms with Gasteiger partial charge < -0.3 is 30.6 Å². The van der Waals surface area contributed by atoms with Crippen molar-refractivity contribution >= 4 is 5.78 Å². The highest BCUT2D eigenvalue weighted by atomic mass is 16.3. The molecule has 0 saturated heterocycles. The highest BCUT2D eigenvalue weighted by molar-refractivity contribution is 6.04. The molecule has 1 atom stereocenters. The number of carbonyl (C=O) groups is 1. The number of hydrogen-bond donors (Lipinski definition) is 6. The Morgan fingerprint density at radius 1 is 0.864 bits per heavy atom. The topological polar surface area (TPSA) is 138 Å². The van der Waals surface area contributed by atoms with Crippen LogP contribution in [0.25, 0.3) is 0 Å². The van der Waals surface area contributed by atoms with Crippen molar-refractivity contribution in [2.45, 2.75) is 12.5 Å². The molecule has 116 valence electrons. The Morgan fingerprint density at radius 2 is 1.45 bits per heavy atom. The van der Waals surface area contributed by atoms with E-state index < -0.39 is 40.4 Å². The van der Waals surface area contributed by atoms with Gasteiger partial charge in [0.1, 0.15) is 28.9 Å². The number of phenolic OH excluding ortho intramolecular Hbond substituents is 5. The molecule has 0 radical (unpaired) electrons.